The Balaban J connectivity index is 1.50. The van der Waals surface area contributed by atoms with Crippen LogP contribution in [0.5, 0.6) is 0 Å². The van der Waals surface area contributed by atoms with E-state index in [-0.39, 0.29) is 5.91 Å². The largest absolute Gasteiger partial charge is 0.353 e. The molecule has 7 heteroatoms. The van der Waals surface area contributed by atoms with Gasteiger partial charge in [0.15, 0.2) is 5.65 Å². The van der Waals surface area contributed by atoms with Crippen LogP contribution in [0.4, 0.5) is 0 Å². The molecule has 27 heavy (non-hydrogen) atoms. The summed E-state index contributed by atoms with van der Waals surface area (Å²) in [6.45, 7) is 2.14. The molecule has 1 amide bonds. The summed E-state index contributed by atoms with van der Waals surface area (Å²) >= 11 is 1.35. The number of fused-ring (bicyclic) bond motifs is 3. The minimum atomic E-state index is 0.0558. The third-order valence-corrected chi connectivity index (χ3v) is 6.19. The second kappa shape index (κ2) is 7.84. The van der Waals surface area contributed by atoms with Crippen molar-refractivity contribution >= 4 is 39.7 Å². The number of hydrogen-bond acceptors (Lipinski definition) is 5. The minimum Gasteiger partial charge on any atom is -0.353 e. The molecule has 0 saturated heterocycles. The smallest absolute Gasteiger partial charge is 0.230 e. The molecule has 0 bridgehead atoms. The number of aromatic nitrogens is 4. The first-order valence-electron chi connectivity index (χ1n) is 9.69. The number of thioether (sulfide) groups is 1. The molecule has 1 aromatic carbocycles. The standard InChI is InChI=1S/C20H25N5OS/c1-3-13-9-10-16-15(11-13)18-19(25(16)2)22-20(24-23-18)27-12-17(26)21-14-7-5-4-6-8-14/h9-11,14H,3-8,12H2,1-2H3,(H,21,26). The molecule has 1 saturated carbocycles. The van der Waals surface area contributed by atoms with Crippen molar-refractivity contribution in [1.82, 2.24) is 25.1 Å². The Morgan fingerprint density at radius 2 is 2.07 bits per heavy atom. The van der Waals surface area contributed by atoms with Gasteiger partial charge in [-0.1, -0.05) is 44.0 Å². The van der Waals surface area contributed by atoms with Crippen LogP contribution in [-0.2, 0) is 18.3 Å². The maximum atomic E-state index is 12.2. The van der Waals surface area contributed by atoms with Crippen molar-refractivity contribution in [2.24, 2.45) is 7.05 Å². The summed E-state index contributed by atoms with van der Waals surface area (Å²) in [5.74, 6) is 0.383. The van der Waals surface area contributed by atoms with Gasteiger partial charge in [-0.05, 0) is 37.0 Å². The van der Waals surface area contributed by atoms with E-state index in [9.17, 15) is 4.79 Å². The number of hydrogen-bond donors (Lipinski definition) is 1. The van der Waals surface area contributed by atoms with Crippen molar-refractivity contribution in [1.29, 1.82) is 0 Å². The third kappa shape index (κ3) is 3.78. The number of carbonyl (C=O) groups is 1. The monoisotopic (exact) mass is 383 g/mol. The quantitative estimate of drug-likeness (QED) is 0.681. The predicted molar refractivity (Wildman–Crippen MR) is 109 cm³/mol. The summed E-state index contributed by atoms with van der Waals surface area (Å²) < 4.78 is 2.05. The molecule has 1 aliphatic carbocycles. The fraction of sp³-hybridized carbons (Fsp3) is 0.500. The first kappa shape index (κ1) is 18.2. The third-order valence-electron chi connectivity index (χ3n) is 5.35. The van der Waals surface area contributed by atoms with E-state index in [1.165, 1.54) is 36.6 Å². The van der Waals surface area contributed by atoms with E-state index in [1.807, 2.05) is 11.6 Å². The van der Waals surface area contributed by atoms with Crippen LogP contribution in [0.25, 0.3) is 22.1 Å². The van der Waals surface area contributed by atoms with Gasteiger partial charge in [0.1, 0.15) is 5.52 Å². The number of aryl methyl sites for hydroxylation is 2. The molecule has 2 heterocycles. The van der Waals surface area contributed by atoms with Gasteiger partial charge in [0.2, 0.25) is 11.1 Å². The van der Waals surface area contributed by atoms with E-state index < -0.39 is 0 Å². The Hall–Kier alpha value is -2.15. The van der Waals surface area contributed by atoms with Crippen LogP contribution >= 0.6 is 11.8 Å². The van der Waals surface area contributed by atoms with E-state index in [4.69, 9.17) is 0 Å². The molecular formula is C20H25N5OS. The van der Waals surface area contributed by atoms with Crippen LogP contribution in [0.2, 0.25) is 0 Å². The van der Waals surface area contributed by atoms with E-state index in [0.717, 1.165) is 41.3 Å². The van der Waals surface area contributed by atoms with Crippen molar-refractivity contribution in [3.8, 4) is 0 Å². The van der Waals surface area contributed by atoms with Gasteiger partial charge < -0.3 is 9.88 Å². The number of amides is 1. The average molecular weight is 384 g/mol. The summed E-state index contributed by atoms with van der Waals surface area (Å²) in [4.78, 5) is 16.9. The van der Waals surface area contributed by atoms with Crippen LogP contribution in [0.15, 0.2) is 23.4 Å². The maximum absolute atomic E-state index is 12.2. The number of carbonyl (C=O) groups excluding carboxylic acids is 1. The lowest BCUT2D eigenvalue weighted by Gasteiger charge is -2.22. The summed E-state index contributed by atoms with van der Waals surface area (Å²) in [7, 11) is 2.00. The molecule has 142 valence electrons. The lowest BCUT2D eigenvalue weighted by atomic mass is 9.95. The molecule has 3 aromatic rings. The highest BCUT2D eigenvalue weighted by atomic mass is 32.2. The van der Waals surface area contributed by atoms with Crippen LogP contribution in [0, 0.1) is 0 Å². The number of rotatable bonds is 5. The molecule has 0 radical (unpaired) electrons. The molecule has 2 aromatic heterocycles. The fourth-order valence-electron chi connectivity index (χ4n) is 3.82. The average Bonchev–Trinajstić information content (AvgIpc) is 2.98. The van der Waals surface area contributed by atoms with Crippen molar-refractivity contribution in [2.75, 3.05) is 5.75 Å². The number of benzene rings is 1. The molecule has 6 nitrogen and oxygen atoms in total. The predicted octanol–water partition coefficient (Wildman–Crippen LogP) is 3.62. The lowest BCUT2D eigenvalue weighted by Crippen LogP contribution is -2.37. The molecule has 0 spiro atoms. The van der Waals surface area contributed by atoms with Crippen LogP contribution in [0.1, 0.15) is 44.6 Å². The van der Waals surface area contributed by atoms with E-state index in [0.29, 0.717) is 17.0 Å². The van der Waals surface area contributed by atoms with E-state index >= 15 is 0 Å². The normalized spacial score (nSPS) is 15.5. The Kier molecular flexibility index (Phi) is 5.29. The van der Waals surface area contributed by atoms with Crippen molar-refractivity contribution in [3.05, 3.63) is 23.8 Å². The van der Waals surface area contributed by atoms with Gasteiger partial charge >= 0.3 is 0 Å². The van der Waals surface area contributed by atoms with Crippen LogP contribution in [0.3, 0.4) is 0 Å². The van der Waals surface area contributed by atoms with Crippen LogP contribution in [-0.4, -0.2) is 37.5 Å². The second-order valence-corrected chi connectivity index (χ2v) is 8.16. The van der Waals surface area contributed by atoms with Gasteiger partial charge in [-0.2, -0.15) is 0 Å². The lowest BCUT2D eigenvalue weighted by molar-refractivity contribution is -0.119. The Morgan fingerprint density at radius 1 is 1.26 bits per heavy atom. The SMILES string of the molecule is CCc1ccc2c(c1)c1nnc(SCC(=O)NC3CCCCC3)nc1n2C. The van der Waals surface area contributed by atoms with Crippen molar-refractivity contribution < 1.29 is 4.79 Å². The molecule has 0 unspecified atom stereocenters. The topological polar surface area (TPSA) is 72.7 Å². The first-order chi connectivity index (χ1) is 13.2. The maximum Gasteiger partial charge on any atom is 0.230 e. The number of nitrogens with zero attached hydrogens (tertiary/aromatic N) is 4. The van der Waals surface area contributed by atoms with Crippen molar-refractivity contribution in [2.45, 2.75) is 56.6 Å². The van der Waals surface area contributed by atoms with Gasteiger partial charge in [0, 0.05) is 18.5 Å². The highest BCUT2D eigenvalue weighted by Crippen LogP contribution is 2.27. The summed E-state index contributed by atoms with van der Waals surface area (Å²) in [6, 6.07) is 6.75. The van der Waals surface area contributed by atoms with Crippen LogP contribution < -0.4 is 5.32 Å². The molecule has 1 N–H and O–H groups in total. The Morgan fingerprint density at radius 3 is 2.85 bits per heavy atom. The van der Waals surface area contributed by atoms with Gasteiger partial charge in [0.05, 0.1) is 11.3 Å². The molecule has 0 aliphatic heterocycles. The van der Waals surface area contributed by atoms with Gasteiger partial charge in [-0.3, -0.25) is 4.79 Å². The van der Waals surface area contributed by atoms with E-state index in [1.54, 1.807) is 0 Å². The molecule has 1 fully saturated rings. The fourth-order valence-corrected chi connectivity index (χ4v) is 4.41. The zero-order valence-corrected chi connectivity index (χ0v) is 16.7. The highest BCUT2D eigenvalue weighted by molar-refractivity contribution is 7.99. The molecule has 0 atom stereocenters. The number of nitrogens with one attached hydrogen (secondary N) is 1. The molecule has 4 rings (SSSR count). The molecule has 1 aliphatic rings. The minimum absolute atomic E-state index is 0.0558. The highest BCUT2D eigenvalue weighted by Gasteiger charge is 2.17. The zero-order chi connectivity index (χ0) is 18.8. The van der Waals surface area contributed by atoms with Gasteiger partial charge in [-0.15, -0.1) is 10.2 Å². The summed E-state index contributed by atoms with van der Waals surface area (Å²) in [6.07, 6.45) is 6.88. The molecular weight excluding hydrogens is 358 g/mol. The second-order valence-electron chi connectivity index (χ2n) is 7.22. The first-order valence-corrected chi connectivity index (χ1v) is 10.7. The van der Waals surface area contributed by atoms with E-state index in [2.05, 4.69) is 45.6 Å². The van der Waals surface area contributed by atoms with Crippen molar-refractivity contribution in [3.63, 3.8) is 0 Å². The van der Waals surface area contributed by atoms with Gasteiger partial charge in [0.25, 0.3) is 0 Å². The summed E-state index contributed by atoms with van der Waals surface area (Å²) in [5, 5.41) is 13.4. The Labute approximate surface area is 163 Å². The Bertz CT molecular complexity index is 977. The summed E-state index contributed by atoms with van der Waals surface area (Å²) in [5.41, 5.74) is 4.00. The van der Waals surface area contributed by atoms with Gasteiger partial charge in [-0.25, -0.2) is 4.98 Å². The zero-order valence-electron chi connectivity index (χ0n) is 15.9.